The van der Waals surface area contributed by atoms with E-state index in [1.165, 1.54) is 22.0 Å². The van der Waals surface area contributed by atoms with Gasteiger partial charge in [-0.1, -0.05) is 54.1 Å². The van der Waals surface area contributed by atoms with E-state index in [1.807, 2.05) is 6.20 Å². The summed E-state index contributed by atoms with van der Waals surface area (Å²) in [7, 11) is 0. The number of fused-ring (bicyclic) bond motifs is 1. The molecule has 1 unspecified atom stereocenters. The third-order valence-corrected chi connectivity index (χ3v) is 7.48. The summed E-state index contributed by atoms with van der Waals surface area (Å²) in [4.78, 5) is 6.17. The van der Waals surface area contributed by atoms with Crippen LogP contribution in [0.5, 0.6) is 11.8 Å². The molecule has 4 heterocycles. The molecule has 6 aromatic rings. The van der Waals surface area contributed by atoms with Crippen molar-refractivity contribution < 1.29 is 10.2 Å². The van der Waals surface area contributed by atoms with Gasteiger partial charge in [0, 0.05) is 34.4 Å². The Balaban J connectivity index is 1.43. The van der Waals surface area contributed by atoms with Gasteiger partial charge in [0.15, 0.2) is 11.8 Å². The van der Waals surface area contributed by atoms with Gasteiger partial charge in [0.1, 0.15) is 0 Å². The molecule has 3 aromatic carbocycles. The normalized spacial score (nSPS) is 15.3. The first-order valence-electron chi connectivity index (χ1n) is 12.0. The van der Waals surface area contributed by atoms with E-state index in [4.69, 9.17) is 0 Å². The quantitative estimate of drug-likeness (QED) is 0.229. The van der Waals surface area contributed by atoms with Crippen LogP contribution in [0.4, 0.5) is 0 Å². The number of para-hydroxylation sites is 1. The molecule has 35 heavy (non-hydrogen) atoms. The van der Waals surface area contributed by atoms with Gasteiger partial charge >= 0.3 is 0 Å². The van der Waals surface area contributed by atoms with E-state index in [-0.39, 0.29) is 17.8 Å². The second-order valence-corrected chi connectivity index (χ2v) is 9.58. The van der Waals surface area contributed by atoms with Crippen LogP contribution in [0.3, 0.4) is 0 Å². The maximum atomic E-state index is 11.0. The Labute approximate surface area is 202 Å². The SMILES string of the molecule is Cc1cccc(-c2ccc3[nH]cc(-c4c(O)[nH]c(O)c4C4CCc5cccc6ccn4c56)c3c2)c1. The predicted octanol–water partition coefficient (Wildman–Crippen LogP) is 7.04. The molecule has 1 aliphatic heterocycles. The highest BCUT2D eigenvalue weighted by atomic mass is 16.3. The van der Waals surface area contributed by atoms with Gasteiger partial charge in [0.25, 0.3) is 0 Å². The summed E-state index contributed by atoms with van der Waals surface area (Å²) in [6.07, 6.45) is 5.78. The second kappa shape index (κ2) is 7.31. The number of aryl methyl sites for hydroxylation is 2. The van der Waals surface area contributed by atoms with Crippen molar-refractivity contribution in [1.29, 1.82) is 0 Å². The van der Waals surface area contributed by atoms with Crippen LogP contribution in [0.1, 0.15) is 29.2 Å². The van der Waals surface area contributed by atoms with Crippen molar-refractivity contribution in [1.82, 2.24) is 14.5 Å². The first kappa shape index (κ1) is 20.0. The van der Waals surface area contributed by atoms with Gasteiger partial charge in [0.2, 0.25) is 0 Å². The largest absolute Gasteiger partial charge is 0.494 e. The summed E-state index contributed by atoms with van der Waals surface area (Å²) in [6.45, 7) is 2.09. The van der Waals surface area contributed by atoms with Crippen LogP contribution in [0.2, 0.25) is 0 Å². The molecule has 0 radical (unpaired) electrons. The molecular formula is C30H25N3O2. The topological polar surface area (TPSA) is 77.0 Å². The number of aromatic nitrogens is 3. The van der Waals surface area contributed by atoms with Crippen molar-refractivity contribution >= 4 is 21.8 Å². The van der Waals surface area contributed by atoms with Crippen molar-refractivity contribution in [2.24, 2.45) is 0 Å². The fourth-order valence-electron chi connectivity index (χ4n) is 5.89. The van der Waals surface area contributed by atoms with Gasteiger partial charge in [-0.05, 0) is 60.0 Å². The molecule has 3 aromatic heterocycles. The molecule has 1 atom stereocenters. The molecule has 7 rings (SSSR count). The molecule has 1 aliphatic rings. The van der Waals surface area contributed by atoms with Crippen LogP contribution in [0.25, 0.3) is 44.1 Å². The van der Waals surface area contributed by atoms with Gasteiger partial charge in [-0.15, -0.1) is 0 Å². The minimum absolute atomic E-state index is 0.0124. The van der Waals surface area contributed by atoms with Crippen molar-refractivity contribution in [3.63, 3.8) is 0 Å². The lowest BCUT2D eigenvalue weighted by Gasteiger charge is -2.26. The number of rotatable bonds is 3. The first-order chi connectivity index (χ1) is 17.1. The number of H-pyrrole nitrogens is 2. The van der Waals surface area contributed by atoms with E-state index < -0.39 is 0 Å². The van der Waals surface area contributed by atoms with Crippen LogP contribution in [-0.4, -0.2) is 24.7 Å². The molecule has 172 valence electrons. The van der Waals surface area contributed by atoms with Crippen LogP contribution < -0.4 is 0 Å². The third kappa shape index (κ3) is 2.94. The summed E-state index contributed by atoms with van der Waals surface area (Å²) in [6, 6.07) is 23.2. The van der Waals surface area contributed by atoms with Gasteiger partial charge in [-0.25, -0.2) is 0 Å². The van der Waals surface area contributed by atoms with Gasteiger partial charge in [0.05, 0.1) is 17.1 Å². The molecule has 0 aliphatic carbocycles. The Morgan fingerprint density at radius 3 is 2.66 bits per heavy atom. The van der Waals surface area contributed by atoms with E-state index >= 15 is 0 Å². The van der Waals surface area contributed by atoms with Gasteiger partial charge in [-0.3, -0.25) is 4.98 Å². The first-order valence-corrected chi connectivity index (χ1v) is 12.0. The summed E-state index contributed by atoms with van der Waals surface area (Å²) in [5.74, 6) is 0.00883. The van der Waals surface area contributed by atoms with Crippen molar-refractivity contribution in [2.75, 3.05) is 0 Å². The van der Waals surface area contributed by atoms with E-state index in [9.17, 15) is 10.2 Å². The highest BCUT2D eigenvalue weighted by Gasteiger charge is 2.31. The Bertz CT molecular complexity index is 1750. The van der Waals surface area contributed by atoms with Gasteiger partial charge < -0.3 is 19.8 Å². The molecule has 0 spiro atoms. The molecule has 0 fully saturated rings. The zero-order chi connectivity index (χ0) is 23.7. The van der Waals surface area contributed by atoms with Gasteiger partial charge in [-0.2, -0.15) is 0 Å². The summed E-state index contributed by atoms with van der Waals surface area (Å²) in [5, 5.41) is 24.2. The van der Waals surface area contributed by atoms with E-state index in [0.29, 0.717) is 5.56 Å². The maximum absolute atomic E-state index is 11.0. The molecule has 5 heteroatoms. The maximum Gasteiger partial charge on any atom is 0.199 e. The molecule has 0 saturated heterocycles. The fraction of sp³-hybridized carbons (Fsp3) is 0.133. The lowest BCUT2D eigenvalue weighted by atomic mass is 9.90. The van der Waals surface area contributed by atoms with Crippen molar-refractivity contribution in [3.8, 4) is 34.0 Å². The number of nitrogens with one attached hydrogen (secondary N) is 2. The Kier molecular flexibility index (Phi) is 4.18. The minimum Gasteiger partial charge on any atom is -0.494 e. The molecule has 4 N–H and O–H groups in total. The van der Waals surface area contributed by atoms with E-state index in [2.05, 4.69) is 94.4 Å². The Hall–Kier alpha value is -4.38. The molecular weight excluding hydrogens is 434 g/mol. The lowest BCUT2D eigenvalue weighted by molar-refractivity contribution is 0.416. The zero-order valence-corrected chi connectivity index (χ0v) is 19.3. The number of aromatic amines is 2. The summed E-state index contributed by atoms with van der Waals surface area (Å²) >= 11 is 0. The van der Waals surface area contributed by atoms with Crippen molar-refractivity contribution in [2.45, 2.75) is 25.8 Å². The summed E-state index contributed by atoms with van der Waals surface area (Å²) in [5.41, 5.74) is 9.25. The van der Waals surface area contributed by atoms with E-state index in [0.717, 1.165) is 46.0 Å². The fourth-order valence-corrected chi connectivity index (χ4v) is 5.89. The lowest BCUT2D eigenvalue weighted by Crippen LogP contribution is -2.16. The number of hydrogen-bond acceptors (Lipinski definition) is 2. The van der Waals surface area contributed by atoms with Crippen LogP contribution in [0, 0.1) is 6.92 Å². The number of aromatic hydroxyl groups is 2. The number of nitrogens with zero attached hydrogens (tertiary/aromatic N) is 1. The van der Waals surface area contributed by atoms with Crippen LogP contribution in [0.15, 0.2) is 79.1 Å². The molecule has 0 amide bonds. The monoisotopic (exact) mass is 459 g/mol. The average molecular weight is 460 g/mol. The minimum atomic E-state index is -0.0838. The van der Waals surface area contributed by atoms with E-state index in [1.54, 1.807) is 0 Å². The number of benzene rings is 3. The Morgan fingerprint density at radius 2 is 1.77 bits per heavy atom. The molecule has 5 nitrogen and oxygen atoms in total. The number of hydrogen-bond donors (Lipinski definition) is 4. The third-order valence-electron chi connectivity index (χ3n) is 7.48. The molecule has 0 saturated carbocycles. The zero-order valence-electron chi connectivity index (χ0n) is 19.3. The smallest absolute Gasteiger partial charge is 0.199 e. The van der Waals surface area contributed by atoms with Crippen LogP contribution in [-0.2, 0) is 6.42 Å². The highest BCUT2D eigenvalue weighted by Crippen LogP contribution is 2.48. The molecule has 0 bridgehead atoms. The standard InChI is InChI=1S/C30H25N3O2/c1-17-4-2-7-20(14-17)21-8-10-24-22(15-21)23(16-31-24)26-27(30(35)32-29(26)34)25-11-9-18-5-3-6-19-12-13-33(25)28(18)19/h2-8,10,12-16,25,31-32,34-35H,9,11H2,1H3. The van der Waals surface area contributed by atoms with Crippen LogP contribution >= 0.6 is 0 Å². The summed E-state index contributed by atoms with van der Waals surface area (Å²) < 4.78 is 2.24. The second-order valence-electron chi connectivity index (χ2n) is 9.58. The highest BCUT2D eigenvalue weighted by molar-refractivity contribution is 6.00. The Morgan fingerprint density at radius 1 is 0.914 bits per heavy atom. The van der Waals surface area contributed by atoms with Crippen molar-refractivity contribution in [3.05, 3.63) is 95.8 Å². The predicted molar refractivity (Wildman–Crippen MR) is 140 cm³/mol. The average Bonchev–Trinajstić information content (AvgIpc) is 3.55.